The molecule has 1 aliphatic rings. The number of piperidine rings is 1. The molecule has 1 aliphatic heterocycles. The van der Waals surface area contributed by atoms with Crippen molar-refractivity contribution in [3.8, 4) is 0 Å². The van der Waals surface area contributed by atoms with Gasteiger partial charge in [0.1, 0.15) is 0 Å². The molecule has 0 saturated carbocycles. The molecule has 0 amide bonds. The van der Waals surface area contributed by atoms with Gasteiger partial charge in [-0.3, -0.25) is 0 Å². The van der Waals surface area contributed by atoms with Crippen LogP contribution in [0, 0.1) is 5.41 Å². The number of nitrogens with two attached hydrogens (primary N) is 1. The van der Waals surface area contributed by atoms with Crippen molar-refractivity contribution in [2.75, 3.05) is 23.7 Å². The summed E-state index contributed by atoms with van der Waals surface area (Å²) < 4.78 is 0. The summed E-state index contributed by atoms with van der Waals surface area (Å²) in [5.74, 6) is 0. The zero-order valence-electron chi connectivity index (χ0n) is 11.0. The third-order valence-electron chi connectivity index (χ3n) is 4.23. The van der Waals surface area contributed by atoms with Crippen LogP contribution in [0.4, 0.5) is 11.4 Å². The maximum Gasteiger partial charge on any atom is 0.0615 e. The van der Waals surface area contributed by atoms with Gasteiger partial charge in [0.15, 0.2) is 0 Å². The van der Waals surface area contributed by atoms with Crippen molar-refractivity contribution in [1.82, 2.24) is 0 Å². The van der Waals surface area contributed by atoms with Gasteiger partial charge in [0.25, 0.3) is 0 Å². The minimum atomic E-state index is 0.474. The van der Waals surface area contributed by atoms with E-state index < -0.39 is 0 Å². The van der Waals surface area contributed by atoms with E-state index >= 15 is 0 Å². The van der Waals surface area contributed by atoms with Crippen molar-refractivity contribution >= 4 is 34.6 Å². The molecular weight excluding hydrogens is 267 g/mol. The Morgan fingerprint density at radius 3 is 2.33 bits per heavy atom. The summed E-state index contributed by atoms with van der Waals surface area (Å²) in [6.45, 7) is 6.70. The van der Waals surface area contributed by atoms with Crippen LogP contribution in [0.1, 0.15) is 33.1 Å². The second-order valence-electron chi connectivity index (χ2n) is 5.48. The largest absolute Gasteiger partial charge is 0.397 e. The Bertz CT molecular complexity index is 438. The zero-order valence-corrected chi connectivity index (χ0v) is 12.5. The molecule has 1 aromatic rings. The Morgan fingerprint density at radius 2 is 1.78 bits per heavy atom. The number of nitrogens with zero attached hydrogens (tertiary/aromatic N) is 1. The average molecular weight is 287 g/mol. The fourth-order valence-electron chi connectivity index (χ4n) is 2.47. The Kier molecular flexibility index (Phi) is 3.98. The van der Waals surface area contributed by atoms with E-state index in [1.54, 1.807) is 6.07 Å². The van der Waals surface area contributed by atoms with Gasteiger partial charge >= 0.3 is 0 Å². The summed E-state index contributed by atoms with van der Waals surface area (Å²) in [5, 5.41) is 1.10. The second kappa shape index (κ2) is 5.18. The number of benzene rings is 1. The maximum absolute atomic E-state index is 6.07. The first kappa shape index (κ1) is 13.8. The first-order valence-electron chi connectivity index (χ1n) is 6.45. The highest BCUT2D eigenvalue weighted by atomic mass is 35.5. The van der Waals surface area contributed by atoms with Crippen LogP contribution in [0.5, 0.6) is 0 Å². The molecule has 0 spiro atoms. The van der Waals surface area contributed by atoms with Crippen molar-refractivity contribution in [2.24, 2.45) is 5.41 Å². The van der Waals surface area contributed by atoms with Crippen LogP contribution in [0.2, 0.25) is 10.0 Å². The van der Waals surface area contributed by atoms with Crippen LogP contribution in [0.15, 0.2) is 12.1 Å². The average Bonchev–Trinajstić information content (AvgIpc) is 2.35. The Hall–Kier alpha value is -0.600. The normalized spacial score (nSPS) is 19.0. The van der Waals surface area contributed by atoms with Gasteiger partial charge in [-0.25, -0.2) is 0 Å². The number of nitrogen functional groups attached to an aromatic ring is 1. The third-order valence-corrected chi connectivity index (χ3v) is 4.96. The predicted octanol–water partition coefficient (Wildman–Crippen LogP) is 4.59. The van der Waals surface area contributed by atoms with Gasteiger partial charge in [-0.1, -0.05) is 43.5 Å². The molecule has 1 saturated heterocycles. The molecule has 0 aromatic heterocycles. The molecule has 0 aliphatic carbocycles. The molecule has 0 unspecified atom stereocenters. The molecule has 0 bridgehead atoms. The second-order valence-corrected chi connectivity index (χ2v) is 6.29. The Labute approximate surface area is 119 Å². The van der Waals surface area contributed by atoms with E-state index in [1.807, 2.05) is 6.07 Å². The number of anilines is 2. The lowest BCUT2D eigenvalue weighted by molar-refractivity contribution is 0.238. The van der Waals surface area contributed by atoms with Crippen LogP contribution in [0.3, 0.4) is 0 Å². The summed E-state index contributed by atoms with van der Waals surface area (Å²) >= 11 is 12.0. The lowest BCUT2D eigenvalue weighted by Crippen LogP contribution is -2.38. The third kappa shape index (κ3) is 2.70. The quantitative estimate of drug-likeness (QED) is 0.806. The van der Waals surface area contributed by atoms with E-state index in [9.17, 15) is 0 Å². The number of hydrogen-bond donors (Lipinski definition) is 1. The molecule has 18 heavy (non-hydrogen) atoms. The van der Waals surface area contributed by atoms with Gasteiger partial charge in [-0.15, -0.1) is 0 Å². The fraction of sp³-hybridized carbons (Fsp3) is 0.571. The van der Waals surface area contributed by atoms with Crippen molar-refractivity contribution in [2.45, 2.75) is 33.1 Å². The first-order chi connectivity index (χ1) is 8.45. The van der Waals surface area contributed by atoms with E-state index in [4.69, 9.17) is 28.9 Å². The highest BCUT2D eigenvalue weighted by molar-refractivity contribution is 6.42. The fourth-order valence-corrected chi connectivity index (χ4v) is 2.80. The van der Waals surface area contributed by atoms with Gasteiger partial charge in [0.2, 0.25) is 0 Å². The van der Waals surface area contributed by atoms with Crippen molar-refractivity contribution in [3.63, 3.8) is 0 Å². The minimum Gasteiger partial charge on any atom is -0.397 e. The smallest absolute Gasteiger partial charge is 0.0615 e. The number of halogens is 2. The van der Waals surface area contributed by atoms with Crippen LogP contribution < -0.4 is 10.6 Å². The summed E-state index contributed by atoms with van der Waals surface area (Å²) in [4.78, 5) is 2.31. The molecule has 1 fully saturated rings. The van der Waals surface area contributed by atoms with E-state index in [0.29, 0.717) is 21.1 Å². The minimum absolute atomic E-state index is 0.474. The van der Waals surface area contributed by atoms with Gasteiger partial charge in [-0.2, -0.15) is 0 Å². The predicted molar refractivity (Wildman–Crippen MR) is 80.7 cm³/mol. The summed E-state index contributed by atoms with van der Waals surface area (Å²) in [6, 6.07) is 3.63. The molecule has 1 heterocycles. The molecule has 100 valence electrons. The van der Waals surface area contributed by atoms with E-state index in [-0.39, 0.29) is 0 Å². The lowest BCUT2D eigenvalue weighted by Gasteiger charge is -2.40. The SMILES string of the molecule is CCC1(C)CCN(c2cc(Cl)c(Cl)cc2N)CC1. The van der Waals surface area contributed by atoms with E-state index in [1.165, 1.54) is 19.3 Å². The lowest BCUT2D eigenvalue weighted by atomic mass is 9.78. The molecule has 2 rings (SSSR count). The van der Waals surface area contributed by atoms with Crippen LogP contribution >= 0.6 is 23.2 Å². The molecule has 0 radical (unpaired) electrons. The van der Waals surface area contributed by atoms with Gasteiger partial charge in [-0.05, 0) is 30.4 Å². The number of hydrogen-bond acceptors (Lipinski definition) is 2. The van der Waals surface area contributed by atoms with E-state index in [0.717, 1.165) is 18.8 Å². The zero-order chi connectivity index (χ0) is 13.3. The Balaban J connectivity index is 2.17. The van der Waals surface area contributed by atoms with Crippen molar-refractivity contribution in [1.29, 1.82) is 0 Å². The van der Waals surface area contributed by atoms with Crippen LogP contribution in [0.25, 0.3) is 0 Å². The molecule has 4 heteroatoms. The Morgan fingerprint density at radius 1 is 1.22 bits per heavy atom. The molecular formula is C14H20Cl2N2. The summed E-state index contributed by atoms with van der Waals surface area (Å²) in [7, 11) is 0. The number of rotatable bonds is 2. The summed E-state index contributed by atoms with van der Waals surface area (Å²) in [6.07, 6.45) is 3.63. The standard InChI is InChI=1S/C14H20Cl2N2/c1-3-14(2)4-6-18(7-5-14)13-9-11(16)10(15)8-12(13)17/h8-9H,3-7,17H2,1-2H3. The highest BCUT2D eigenvalue weighted by Gasteiger charge is 2.29. The van der Waals surface area contributed by atoms with Crippen LogP contribution in [-0.2, 0) is 0 Å². The molecule has 2 N–H and O–H groups in total. The van der Waals surface area contributed by atoms with Gasteiger partial charge in [0, 0.05) is 13.1 Å². The van der Waals surface area contributed by atoms with E-state index in [2.05, 4.69) is 18.7 Å². The van der Waals surface area contributed by atoms with Gasteiger partial charge in [0.05, 0.1) is 21.4 Å². The topological polar surface area (TPSA) is 29.3 Å². The monoisotopic (exact) mass is 286 g/mol. The maximum atomic E-state index is 6.07. The molecule has 0 atom stereocenters. The summed E-state index contributed by atoms with van der Waals surface area (Å²) in [5.41, 5.74) is 8.24. The first-order valence-corrected chi connectivity index (χ1v) is 7.20. The van der Waals surface area contributed by atoms with Crippen molar-refractivity contribution in [3.05, 3.63) is 22.2 Å². The molecule has 2 nitrogen and oxygen atoms in total. The van der Waals surface area contributed by atoms with Crippen LogP contribution in [-0.4, -0.2) is 13.1 Å². The molecule has 1 aromatic carbocycles. The van der Waals surface area contributed by atoms with Crippen molar-refractivity contribution < 1.29 is 0 Å². The highest BCUT2D eigenvalue weighted by Crippen LogP contribution is 2.39. The van der Waals surface area contributed by atoms with Gasteiger partial charge < -0.3 is 10.6 Å².